The van der Waals surface area contributed by atoms with Crippen molar-refractivity contribution in [3.63, 3.8) is 0 Å². The second-order valence-corrected chi connectivity index (χ2v) is 33.0. The summed E-state index contributed by atoms with van der Waals surface area (Å²) in [4.78, 5) is 4.93. The van der Waals surface area contributed by atoms with Crippen LogP contribution in [0.5, 0.6) is 0 Å². The minimum atomic E-state index is 0. The van der Waals surface area contributed by atoms with Crippen molar-refractivity contribution in [1.29, 1.82) is 0 Å². The zero-order chi connectivity index (χ0) is 70.2. The van der Waals surface area contributed by atoms with E-state index in [1.807, 2.05) is 0 Å². The third-order valence-electron chi connectivity index (χ3n) is 21.5. The zero-order valence-electron chi connectivity index (χ0n) is 71.0. The lowest BCUT2D eigenvalue weighted by Crippen LogP contribution is -3.00. The molecule has 0 aliphatic heterocycles. The van der Waals surface area contributed by atoms with Crippen molar-refractivity contribution in [3.8, 4) is 0 Å². The van der Waals surface area contributed by atoms with Gasteiger partial charge in [0.05, 0.1) is 54.4 Å². The SMILES string of the molecule is CCCCCCCCCC(CCCCCCCC)N(C)C.CCCCCCCCCCCC(CCCCCCCC)N(C)C.CCCCCCCCCCCC[N+](C)(C)CCCCCCCCCCCC.CCCCCCCCCC[N+](C)(C)CCCCCCCCCC.Cl.[Cl-].[Cl-]. The summed E-state index contributed by atoms with van der Waals surface area (Å²) < 4.78 is 2.49. The molecule has 0 aliphatic carbocycles. The van der Waals surface area contributed by atoms with Crippen molar-refractivity contribution in [3.05, 3.63) is 0 Å². The molecule has 2 unspecified atom stereocenters. The fourth-order valence-electron chi connectivity index (χ4n) is 14.3. The maximum absolute atomic E-state index is 2.47. The van der Waals surface area contributed by atoms with Gasteiger partial charge in [0, 0.05) is 12.1 Å². The average Bonchev–Trinajstić information content (AvgIpc) is 3.18. The maximum atomic E-state index is 2.47. The van der Waals surface area contributed by atoms with E-state index in [4.69, 9.17) is 0 Å². The quantitative estimate of drug-likeness (QED) is 0.0442. The van der Waals surface area contributed by atoms with Crippen molar-refractivity contribution in [2.75, 3.05) is 82.6 Å². The number of halogens is 3. The van der Waals surface area contributed by atoms with E-state index in [1.54, 1.807) is 0 Å². The first-order chi connectivity index (χ1) is 45.7. The Labute approximate surface area is 638 Å². The molecule has 0 rings (SSSR count). The molecule has 4 nitrogen and oxygen atoms in total. The second-order valence-electron chi connectivity index (χ2n) is 33.0. The molecule has 0 N–H and O–H groups in total. The molecule has 2 atom stereocenters. The lowest BCUT2D eigenvalue weighted by molar-refractivity contribution is -0.890. The van der Waals surface area contributed by atoms with E-state index in [9.17, 15) is 0 Å². The van der Waals surface area contributed by atoms with Crippen molar-refractivity contribution in [1.82, 2.24) is 9.80 Å². The number of rotatable bonds is 74. The smallest absolute Gasteiger partial charge is 0.0782 e. The average molecular weight is 1440 g/mol. The van der Waals surface area contributed by atoms with Crippen LogP contribution in [0.25, 0.3) is 0 Å². The normalized spacial score (nSPS) is 12.1. The first-order valence-corrected chi connectivity index (χ1v) is 44.6. The summed E-state index contributed by atoms with van der Waals surface area (Å²) in [5.74, 6) is 0. The number of quaternary nitrogens is 2. The Morgan fingerprint density at radius 3 is 0.392 bits per heavy atom. The molecule has 7 heteroatoms. The van der Waals surface area contributed by atoms with E-state index in [-0.39, 0.29) is 37.2 Å². The van der Waals surface area contributed by atoms with Crippen LogP contribution in [0, 0.1) is 0 Å². The van der Waals surface area contributed by atoms with Crippen LogP contribution in [0.2, 0.25) is 0 Å². The van der Waals surface area contributed by atoms with Crippen LogP contribution in [0.1, 0.15) is 492 Å². The van der Waals surface area contributed by atoms with Gasteiger partial charge in [-0.25, -0.2) is 0 Å². The molecule has 0 bridgehead atoms. The first kappa shape index (κ1) is 111. The van der Waals surface area contributed by atoms with Gasteiger partial charge in [-0.15, -0.1) is 12.4 Å². The van der Waals surface area contributed by atoms with Crippen LogP contribution in [-0.4, -0.2) is 113 Å². The third kappa shape index (κ3) is 101. The van der Waals surface area contributed by atoms with Gasteiger partial charge in [0.2, 0.25) is 0 Å². The molecular weight excluding hydrogens is 1240 g/mol. The van der Waals surface area contributed by atoms with Gasteiger partial charge < -0.3 is 43.6 Å². The summed E-state index contributed by atoms with van der Waals surface area (Å²) in [6.07, 6.45) is 97.8. The highest BCUT2D eigenvalue weighted by Crippen LogP contribution is 2.21. The number of hydrogen-bond acceptors (Lipinski definition) is 2. The minimum Gasteiger partial charge on any atom is -1.00 e. The lowest BCUT2D eigenvalue weighted by atomic mass is 9.99. The molecule has 0 aromatic rings. The fraction of sp³-hybridized carbons (Fsp3) is 1.00. The van der Waals surface area contributed by atoms with E-state index in [1.165, 1.54) is 472 Å². The van der Waals surface area contributed by atoms with Crippen LogP contribution >= 0.6 is 12.4 Å². The lowest BCUT2D eigenvalue weighted by Gasteiger charge is -2.30. The zero-order valence-corrected chi connectivity index (χ0v) is 73.3. The summed E-state index contributed by atoms with van der Waals surface area (Å²) in [6.45, 7) is 23.9. The standard InChI is InChI=1S/C26H56N.C22H47N.C22H48N.C20H43N.3ClH/c1-5-7-9-11-13-15-17-19-21-23-25-27(3,4)26-24-22-20-18-16-14-12-10-8-6-2;1-5-7-9-11-13-14-15-17-19-21-22(23(3)4)20-18-16-12-10-8-6-2;1-5-7-9-11-13-15-17-19-21-23(3,4)22-20-18-16-14-12-10-8-6-2;1-5-7-9-11-13-15-17-19-20(21(3)4)18-16-14-12-10-8-6-2;;;/h5-26H2,1-4H3;22H,5-21H2,1-4H3;5-22H2,1-4H3;20H,5-19H2,1-4H3;3*1H/q+1;;+1;;;;/p-2. The predicted octanol–water partition coefficient (Wildman–Crippen LogP) is 25.1. The topological polar surface area (TPSA) is 6.48 Å². The van der Waals surface area contributed by atoms with E-state index < -0.39 is 0 Å². The summed E-state index contributed by atoms with van der Waals surface area (Å²) >= 11 is 0. The van der Waals surface area contributed by atoms with Gasteiger partial charge in [-0.05, 0) is 105 Å². The molecule has 0 heterocycles. The van der Waals surface area contributed by atoms with Crippen molar-refractivity contribution in [2.24, 2.45) is 0 Å². The Kier molecular flexibility index (Phi) is 108. The summed E-state index contributed by atoms with van der Waals surface area (Å²) in [5.41, 5.74) is 0. The largest absolute Gasteiger partial charge is 1.00 e. The predicted molar refractivity (Wildman–Crippen MR) is 445 cm³/mol. The molecule has 0 amide bonds. The molecule has 0 aliphatic rings. The van der Waals surface area contributed by atoms with Crippen molar-refractivity contribution >= 4 is 12.4 Å². The molecule has 0 saturated heterocycles. The van der Waals surface area contributed by atoms with Crippen LogP contribution in [0.3, 0.4) is 0 Å². The molecule has 97 heavy (non-hydrogen) atoms. The van der Waals surface area contributed by atoms with Crippen LogP contribution < -0.4 is 24.8 Å². The van der Waals surface area contributed by atoms with Crippen LogP contribution in [0.15, 0.2) is 0 Å². The van der Waals surface area contributed by atoms with Gasteiger partial charge in [0.1, 0.15) is 0 Å². The summed E-state index contributed by atoms with van der Waals surface area (Å²) in [6, 6.07) is 1.65. The molecule has 0 fully saturated rings. The Balaban J connectivity index is -0.000000221. The van der Waals surface area contributed by atoms with Crippen molar-refractivity contribution < 1.29 is 33.8 Å². The maximum Gasteiger partial charge on any atom is 0.0782 e. The molecular formula is C90H195Cl3N4. The van der Waals surface area contributed by atoms with E-state index >= 15 is 0 Å². The molecule has 596 valence electrons. The molecule has 0 saturated carbocycles. The van der Waals surface area contributed by atoms with Crippen LogP contribution in [0.4, 0.5) is 0 Å². The Hall–Kier alpha value is 0.710. The minimum absolute atomic E-state index is 0. The summed E-state index contributed by atoms with van der Waals surface area (Å²) in [5, 5.41) is 0. The first-order valence-electron chi connectivity index (χ1n) is 44.6. The third-order valence-corrected chi connectivity index (χ3v) is 21.5. The monoisotopic (exact) mass is 1440 g/mol. The highest BCUT2D eigenvalue weighted by molar-refractivity contribution is 5.85. The molecule has 0 aromatic carbocycles. The second kappa shape index (κ2) is 94.7. The van der Waals surface area contributed by atoms with Gasteiger partial charge in [-0.3, -0.25) is 0 Å². The van der Waals surface area contributed by atoms with Crippen LogP contribution in [-0.2, 0) is 0 Å². The van der Waals surface area contributed by atoms with E-state index in [0.29, 0.717) is 0 Å². The molecule has 0 spiro atoms. The Morgan fingerprint density at radius 2 is 0.278 bits per heavy atom. The van der Waals surface area contributed by atoms with E-state index in [0.717, 1.165) is 12.1 Å². The highest BCUT2D eigenvalue weighted by atomic mass is 35.5. The molecule has 0 aromatic heterocycles. The van der Waals surface area contributed by atoms with Gasteiger partial charge >= 0.3 is 0 Å². The fourth-order valence-corrected chi connectivity index (χ4v) is 14.3. The highest BCUT2D eigenvalue weighted by Gasteiger charge is 2.16. The van der Waals surface area contributed by atoms with Gasteiger partial charge in [0.25, 0.3) is 0 Å². The molecule has 0 radical (unpaired) electrons. The summed E-state index contributed by atoms with van der Waals surface area (Å²) in [7, 11) is 18.8. The van der Waals surface area contributed by atoms with E-state index in [2.05, 4.69) is 122 Å². The number of hydrogen-bond donors (Lipinski definition) is 0. The van der Waals surface area contributed by atoms with Gasteiger partial charge in [-0.1, -0.05) is 415 Å². The number of unbranched alkanes of at least 4 members (excludes halogenated alkanes) is 56. The van der Waals surface area contributed by atoms with Crippen molar-refractivity contribution in [2.45, 2.75) is 504 Å². The Bertz CT molecular complexity index is 1250. The van der Waals surface area contributed by atoms with Gasteiger partial charge in [-0.2, -0.15) is 0 Å². The number of nitrogens with zero attached hydrogens (tertiary/aromatic N) is 4. The Morgan fingerprint density at radius 1 is 0.175 bits per heavy atom. The van der Waals surface area contributed by atoms with Gasteiger partial charge in [0.15, 0.2) is 0 Å².